The predicted molar refractivity (Wildman–Crippen MR) is 305 cm³/mol. The van der Waals surface area contributed by atoms with E-state index in [1.165, 1.54) is 21.2 Å². The first-order valence-electron chi connectivity index (χ1n) is 22.4. The summed E-state index contributed by atoms with van der Waals surface area (Å²) in [6.07, 6.45) is 4.25. The summed E-state index contributed by atoms with van der Waals surface area (Å²) < 4.78 is 14.3. The van der Waals surface area contributed by atoms with Crippen molar-refractivity contribution in [1.82, 2.24) is 45.0 Å². The fourth-order valence-electron chi connectivity index (χ4n) is 10.2. The average molecular weight is 1090 g/mol. The number of aromatic nitrogens is 3. The number of carbonyl (C=O) groups is 4. The highest BCUT2D eigenvalue weighted by Gasteiger charge is 2.46. The molecule has 0 unspecified atom stereocenters. The van der Waals surface area contributed by atoms with Gasteiger partial charge in [-0.25, -0.2) is 15.2 Å². The summed E-state index contributed by atoms with van der Waals surface area (Å²) in [6, 6.07) is 8.12. The number of carbonyl (C=O) groups excluding carboxylic acids is 4. The molecule has 15 nitrogen and oxygen atoms in total. The summed E-state index contributed by atoms with van der Waals surface area (Å²) in [7, 11) is 5.46. The number of nitrogens with one attached hydrogen (secondary N) is 2. The number of thiazole rings is 1. The Bertz CT molecular complexity index is 2400. The minimum absolute atomic E-state index is 0. The Morgan fingerprint density at radius 3 is 2.42 bits per heavy atom. The molecule has 3 aromatic heterocycles. The van der Waals surface area contributed by atoms with Crippen LogP contribution in [0.5, 0.6) is 0 Å². The van der Waals surface area contributed by atoms with Gasteiger partial charge in [-0.15, -0.1) is 11.3 Å². The van der Waals surface area contributed by atoms with Crippen molar-refractivity contribution in [2.75, 3.05) is 47.4 Å². The lowest BCUT2D eigenvalue weighted by molar-refractivity contribution is -0.155. The topological polar surface area (TPSA) is 154 Å². The maximum absolute atomic E-state index is 14.6. The third-order valence-electron chi connectivity index (χ3n) is 13.5. The third-order valence-corrected chi connectivity index (χ3v) is 14.4. The van der Waals surface area contributed by atoms with Crippen LogP contribution in [0.4, 0.5) is 4.79 Å². The first-order chi connectivity index (χ1) is 30.1. The van der Waals surface area contributed by atoms with Gasteiger partial charge in [-0.3, -0.25) is 29.3 Å². The first kappa shape index (κ1) is 62.3. The van der Waals surface area contributed by atoms with E-state index in [9.17, 15) is 19.2 Å². The zero-order valence-electron chi connectivity index (χ0n) is 41.1. The molecule has 8 rings (SSSR count). The largest absolute Gasteiger partial charge is 0.464 e. The number of benzene rings is 1. The molecular formula is C47H75N9O6S7. The molecule has 8 bridgehead atoms. The van der Waals surface area contributed by atoms with Crippen LogP contribution in [-0.2, 0) is 43.2 Å². The molecule has 3 fully saturated rings. The summed E-state index contributed by atoms with van der Waals surface area (Å²) in [5.74, 6) is -1.47. The molecule has 7 heterocycles. The van der Waals surface area contributed by atoms with Gasteiger partial charge in [-0.1, -0.05) is 33.8 Å². The lowest BCUT2D eigenvalue weighted by atomic mass is 9.84. The lowest BCUT2D eigenvalue weighted by Crippen LogP contribution is -2.63. The summed E-state index contributed by atoms with van der Waals surface area (Å²) in [5.41, 5.74) is 9.43. The highest BCUT2D eigenvalue weighted by Crippen LogP contribution is 2.42. The van der Waals surface area contributed by atoms with Crippen molar-refractivity contribution in [3.63, 3.8) is 0 Å². The van der Waals surface area contributed by atoms with Crippen molar-refractivity contribution in [2.45, 2.75) is 117 Å². The number of piperazine rings is 1. The second kappa shape index (κ2) is 25.7. The number of ether oxygens (including phenoxy) is 2. The van der Waals surface area contributed by atoms with Gasteiger partial charge < -0.3 is 29.2 Å². The number of esters is 1. The number of urea groups is 1. The molecular weight excluding hydrogens is 1010 g/mol. The molecule has 22 heteroatoms. The van der Waals surface area contributed by atoms with E-state index in [2.05, 4.69) is 72.3 Å². The second-order valence-electron chi connectivity index (χ2n) is 19.0. The van der Waals surface area contributed by atoms with Gasteiger partial charge in [0.25, 0.3) is 5.91 Å². The Kier molecular flexibility index (Phi) is 23.2. The molecule has 4 aromatic rings. The van der Waals surface area contributed by atoms with Gasteiger partial charge in [0.2, 0.25) is 5.91 Å². The van der Waals surface area contributed by atoms with E-state index in [-0.39, 0.29) is 124 Å². The predicted octanol–water partition coefficient (Wildman–Crippen LogP) is 6.34. The Balaban J connectivity index is 0.00000272. The van der Waals surface area contributed by atoms with Crippen molar-refractivity contribution in [3.05, 3.63) is 58.2 Å². The number of hydrogen-bond acceptors (Lipinski definition) is 11. The fourth-order valence-corrected chi connectivity index (χ4v) is 11.0. The lowest BCUT2D eigenvalue weighted by Gasteiger charge is -2.39. The van der Waals surface area contributed by atoms with E-state index in [0.717, 1.165) is 57.6 Å². The fraction of sp³-hybridized carbons (Fsp3) is 0.574. The smallest absolute Gasteiger partial charge is 0.324 e. The zero-order chi connectivity index (χ0) is 44.9. The molecule has 386 valence electrons. The van der Waals surface area contributed by atoms with Gasteiger partial charge in [0, 0.05) is 97.9 Å². The molecule has 0 radical (unpaired) electrons. The van der Waals surface area contributed by atoms with Gasteiger partial charge >= 0.3 is 12.0 Å². The number of hydrogen-bond donors (Lipinski definition) is 2. The molecule has 2 N–H and O–H groups in total. The van der Waals surface area contributed by atoms with E-state index in [1.54, 1.807) is 20.4 Å². The van der Waals surface area contributed by atoms with Gasteiger partial charge in [-0.05, 0) is 82.3 Å². The summed E-state index contributed by atoms with van der Waals surface area (Å²) in [6.45, 7) is 14.8. The van der Waals surface area contributed by atoms with E-state index in [1.807, 2.05) is 37.1 Å². The Labute approximate surface area is 453 Å². The average Bonchev–Trinajstić information content (AvgIpc) is 4.07. The molecule has 4 aliphatic heterocycles. The SMILES string of the molecule is CCn1c(-c2cccnc2[C@H](C)OC)c2c3cc(ccc31)-c1csc(n1)C[C@H](NC(=O)[C@H](C(C)C)N(C)C(=O)N1C[C@@H]3C[C@H]1CN3C)C(=O)N1CCC[C@H](N1)C(=O)OCC(C)(C)C2.S.S.S.S.S.S. The van der Waals surface area contributed by atoms with Gasteiger partial charge in [0.15, 0.2) is 0 Å². The summed E-state index contributed by atoms with van der Waals surface area (Å²) >= 11 is 1.44. The van der Waals surface area contributed by atoms with Crippen molar-refractivity contribution in [2.24, 2.45) is 11.3 Å². The standard InChI is InChI=1S/C47H63N9O6S.6H2S/c1-10-54-38-16-15-29-19-33(38)34(42(54)32-13-11-17-48-40(32)28(4)61-9)22-47(5,6)26-62-45(59)35-14-12-18-56(51-35)44(58)36(21-39-49-37(29)25-63-39)50-43(57)41(27(2)3)53(8)46(60)55-24-30-20-31(55)23-52(30)7;;;;;;/h11,13,15-17,19,25,27-28,30-31,35-36,41,51H,10,12,14,18,20-24,26H2,1-9H3,(H,50,57);6*1H2/t28-,30-,31-,35-,36-,41-;;;;;;/m0....../s1. The van der Waals surface area contributed by atoms with Crippen LogP contribution >= 0.6 is 92.3 Å². The monoisotopic (exact) mass is 1090 g/mol. The maximum Gasteiger partial charge on any atom is 0.324 e. The zero-order valence-corrected chi connectivity index (χ0v) is 48.0. The van der Waals surface area contributed by atoms with Gasteiger partial charge in [-0.2, -0.15) is 81.0 Å². The number of rotatable bonds is 8. The second-order valence-corrected chi connectivity index (χ2v) is 19.9. The van der Waals surface area contributed by atoms with Gasteiger partial charge in [0.1, 0.15) is 18.1 Å². The van der Waals surface area contributed by atoms with Crippen LogP contribution in [0.3, 0.4) is 0 Å². The highest BCUT2D eigenvalue weighted by molar-refractivity contribution is 7.60. The van der Waals surface area contributed by atoms with Crippen LogP contribution in [-0.4, -0.2) is 136 Å². The molecule has 6 atom stereocenters. The minimum Gasteiger partial charge on any atom is -0.464 e. The molecule has 0 aliphatic carbocycles. The van der Waals surface area contributed by atoms with Crippen molar-refractivity contribution < 1.29 is 28.7 Å². The molecule has 4 amide bonds. The molecule has 69 heavy (non-hydrogen) atoms. The molecule has 0 saturated carbocycles. The molecule has 3 saturated heterocycles. The van der Waals surface area contributed by atoms with E-state index in [0.29, 0.717) is 49.9 Å². The van der Waals surface area contributed by atoms with E-state index < -0.39 is 35.4 Å². The number of likely N-dealkylation sites (tertiary alicyclic amines) is 2. The number of hydrazine groups is 1. The van der Waals surface area contributed by atoms with E-state index in [4.69, 9.17) is 19.4 Å². The van der Waals surface area contributed by atoms with Crippen LogP contribution in [0.1, 0.15) is 83.2 Å². The molecule has 4 aliphatic rings. The number of nitrogens with zero attached hydrogens (tertiary/aromatic N) is 7. The van der Waals surface area contributed by atoms with Crippen molar-refractivity contribution in [3.8, 4) is 22.5 Å². The maximum atomic E-state index is 14.6. The first-order valence-corrected chi connectivity index (χ1v) is 23.3. The quantitative estimate of drug-likeness (QED) is 0.191. The van der Waals surface area contributed by atoms with Crippen LogP contribution in [0.15, 0.2) is 41.9 Å². The number of likely N-dealkylation sites (N-methyl/N-ethyl adjacent to an activating group) is 2. The number of cyclic esters (lactones) is 1. The summed E-state index contributed by atoms with van der Waals surface area (Å²) in [4.78, 5) is 72.5. The van der Waals surface area contributed by atoms with Crippen LogP contribution < -0.4 is 10.7 Å². The Morgan fingerprint density at radius 2 is 1.78 bits per heavy atom. The van der Waals surface area contributed by atoms with Crippen molar-refractivity contribution in [1.29, 1.82) is 0 Å². The van der Waals surface area contributed by atoms with Crippen molar-refractivity contribution >= 4 is 127 Å². The number of amides is 4. The normalized spacial score (nSPS) is 21.7. The number of methoxy groups -OCH3 is 1. The van der Waals surface area contributed by atoms with E-state index >= 15 is 0 Å². The van der Waals surface area contributed by atoms with Gasteiger partial charge in [0.05, 0.1) is 34.8 Å². The Hall–Kier alpha value is -2.80. The van der Waals surface area contributed by atoms with Crippen LogP contribution in [0.2, 0.25) is 0 Å². The molecule has 0 spiro atoms. The van der Waals surface area contributed by atoms with Crippen LogP contribution in [0.25, 0.3) is 33.4 Å². The number of pyridine rings is 1. The molecule has 1 aromatic carbocycles. The third kappa shape index (κ3) is 12.7. The number of fused-ring (bicyclic) bond motifs is 8. The number of aryl methyl sites for hydroxylation is 1. The Morgan fingerprint density at radius 1 is 1.06 bits per heavy atom. The minimum atomic E-state index is -1.03. The van der Waals surface area contributed by atoms with Crippen LogP contribution in [0, 0.1) is 11.3 Å². The highest BCUT2D eigenvalue weighted by atomic mass is 32.1. The summed E-state index contributed by atoms with van der Waals surface area (Å²) in [5, 5.41) is 8.26.